The van der Waals surface area contributed by atoms with Gasteiger partial charge in [-0.25, -0.2) is 4.98 Å². The lowest BCUT2D eigenvalue weighted by molar-refractivity contribution is 1.10. The normalized spacial score (nSPS) is 11.5. The van der Waals surface area contributed by atoms with E-state index in [9.17, 15) is 0 Å². The zero-order valence-corrected chi connectivity index (χ0v) is 21.5. The lowest BCUT2D eigenvalue weighted by Crippen LogP contribution is -2.00. The molecule has 4 heterocycles. The van der Waals surface area contributed by atoms with E-state index in [2.05, 4.69) is 105 Å². The summed E-state index contributed by atoms with van der Waals surface area (Å²) in [5, 5.41) is 2.27. The van der Waals surface area contributed by atoms with Crippen molar-refractivity contribution in [2.75, 3.05) is 0 Å². The topological polar surface area (TPSA) is 48.5 Å². The second kappa shape index (κ2) is 9.03. The van der Waals surface area contributed by atoms with Crippen LogP contribution in [0.3, 0.4) is 0 Å². The first-order chi connectivity index (χ1) is 19.9. The number of imidazole rings is 1. The average Bonchev–Trinajstić information content (AvgIpc) is 3.58. The van der Waals surface area contributed by atoms with Crippen molar-refractivity contribution in [3.05, 3.63) is 140 Å². The van der Waals surface area contributed by atoms with Crippen LogP contribution in [0.1, 0.15) is 0 Å². The Kier molecular flexibility index (Phi) is 5.07. The minimum Gasteiger partial charge on any atom is -0.307 e. The summed E-state index contributed by atoms with van der Waals surface area (Å²) in [6.45, 7) is 0. The van der Waals surface area contributed by atoms with Gasteiger partial charge in [-0.1, -0.05) is 72.8 Å². The van der Waals surface area contributed by atoms with Gasteiger partial charge in [-0.05, 0) is 54.6 Å². The number of rotatable bonds is 4. The van der Waals surface area contributed by atoms with Crippen molar-refractivity contribution >= 4 is 32.8 Å². The van der Waals surface area contributed by atoms with Crippen LogP contribution in [0.25, 0.3) is 67.0 Å². The average molecular weight is 514 g/mol. The van der Waals surface area contributed by atoms with Crippen molar-refractivity contribution in [2.45, 2.75) is 0 Å². The summed E-state index contributed by atoms with van der Waals surface area (Å²) < 4.78 is 4.56. The first-order valence-electron chi connectivity index (χ1n) is 13.3. The molecule has 0 unspecified atom stereocenters. The van der Waals surface area contributed by atoms with Gasteiger partial charge in [-0.3, -0.25) is 14.5 Å². The summed E-state index contributed by atoms with van der Waals surface area (Å²) in [5.41, 5.74) is 9.03. The number of hydrogen-bond donors (Lipinski definition) is 0. The molecule has 0 aliphatic heterocycles. The Bertz CT molecular complexity index is 2140. The molecule has 5 heteroatoms. The predicted octanol–water partition coefficient (Wildman–Crippen LogP) is 8.25. The minimum atomic E-state index is 0.838. The van der Waals surface area contributed by atoms with Gasteiger partial charge in [0.15, 0.2) is 0 Å². The Balaban J connectivity index is 1.50. The van der Waals surface area contributed by atoms with Crippen LogP contribution >= 0.6 is 0 Å². The van der Waals surface area contributed by atoms with Gasteiger partial charge in [-0.2, -0.15) is 0 Å². The molecule has 0 N–H and O–H groups in total. The molecule has 0 aliphatic carbocycles. The van der Waals surface area contributed by atoms with Crippen molar-refractivity contribution in [1.29, 1.82) is 0 Å². The van der Waals surface area contributed by atoms with Crippen LogP contribution in [-0.2, 0) is 0 Å². The summed E-state index contributed by atoms with van der Waals surface area (Å²) in [6, 6.07) is 43.8. The van der Waals surface area contributed by atoms with Crippen molar-refractivity contribution in [3.63, 3.8) is 0 Å². The molecule has 0 bridgehead atoms. The van der Waals surface area contributed by atoms with Crippen LogP contribution in [-0.4, -0.2) is 24.1 Å². The summed E-state index contributed by atoms with van der Waals surface area (Å²) in [4.78, 5) is 14.7. The third kappa shape index (κ3) is 3.38. The molecule has 5 nitrogen and oxygen atoms in total. The second-order valence-electron chi connectivity index (χ2n) is 9.74. The first-order valence-corrected chi connectivity index (χ1v) is 13.3. The van der Waals surface area contributed by atoms with E-state index in [0.717, 1.165) is 67.0 Å². The van der Waals surface area contributed by atoms with Gasteiger partial charge < -0.3 is 4.57 Å². The van der Waals surface area contributed by atoms with Gasteiger partial charge in [0, 0.05) is 34.4 Å². The number of hydrogen-bond acceptors (Lipinski definition) is 3. The molecule has 40 heavy (non-hydrogen) atoms. The largest absolute Gasteiger partial charge is 0.307 e. The molecular formula is C35H23N5. The summed E-state index contributed by atoms with van der Waals surface area (Å²) >= 11 is 0. The number of nitrogens with zero attached hydrogens (tertiary/aromatic N) is 5. The van der Waals surface area contributed by atoms with Gasteiger partial charge in [0.05, 0.1) is 33.4 Å². The molecule has 0 atom stereocenters. The predicted molar refractivity (Wildman–Crippen MR) is 162 cm³/mol. The van der Waals surface area contributed by atoms with Crippen molar-refractivity contribution in [3.8, 4) is 34.2 Å². The molecular weight excluding hydrogens is 490 g/mol. The minimum absolute atomic E-state index is 0.838. The Labute approximate surface area is 230 Å². The van der Waals surface area contributed by atoms with E-state index in [0.29, 0.717) is 0 Å². The number of benzene rings is 4. The fourth-order valence-corrected chi connectivity index (χ4v) is 5.75. The van der Waals surface area contributed by atoms with E-state index in [4.69, 9.17) is 9.97 Å². The highest BCUT2D eigenvalue weighted by molar-refractivity contribution is 6.20. The quantitative estimate of drug-likeness (QED) is 0.238. The number of para-hydroxylation sites is 2. The molecule has 4 aromatic carbocycles. The van der Waals surface area contributed by atoms with Crippen LogP contribution in [0, 0.1) is 0 Å². The molecule has 0 amide bonds. The van der Waals surface area contributed by atoms with E-state index in [-0.39, 0.29) is 0 Å². The molecule has 4 aromatic heterocycles. The zero-order chi connectivity index (χ0) is 26.5. The van der Waals surface area contributed by atoms with Crippen LogP contribution in [0.5, 0.6) is 0 Å². The maximum atomic E-state index is 5.35. The standard InChI is InChI=1S/C35H23N5/c1-3-12-24(13-4-1)35-38-34-31(39(35)25-14-5-2-6-15-25)21-20-29-32(34)26-16-7-8-18-28(26)40(29)30-19-11-23-37-33(30)27-17-9-10-22-36-27/h1-23H. The lowest BCUT2D eigenvalue weighted by atomic mass is 10.1. The van der Waals surface area contributed by atoms with Gasteiger partial charge in [0.25, 0.3) is 0 Å². The van der Waals surface area contributed by atoms with E-state index < -0.39 is 0 Å². The number of fused-ring (bicyclic) bond motifs is 5. The summed E-state index contributed by atoms with van der Waals surface area (Å²) in [6.07, 6.45) is 3.64. The Morgan fingerprint density at radius 3 is 2.05 bits per heavy atom. The van der Waals surface area contributed by atoms with Crippen molar-refractivity contribution in [1.82, 2.24) is 24.1 Å². The lowest BCUT2D eigenvalue weighted by Gasteiger charge is -2.12. The molecule has 0 saturated carbocycles. The van der Waals surface area contributed by atoms with E-state index in [1.807, 2.05) is 48.8 Å². The molecule has 0 saturated heterocycles. The van der Waals surface area contributed by atoms with Gasteiger partial charge in [0.1, 0.15) is 11.5 Å². The second-order valence-corrected chi connectivity index (χ2v) is 9.74. The summed E-state index contributed by atoms with van der Waals surface area (Å²) in [5.74, 6) is 0.918. The van der Waals surface area contributed by atoms with Crippen molar-refractivity contribution < 1.29 is 0 Å². The third-order valence-corrected chi connectivity index (χ3v) is 7.44. The van der Waals surface area contributed by atoms with Crippen LogP contribution < -0.4 is 0 Å². The Morgan fingerprint density at radius 1 is 0.500 bits per heavy atom. The molecule has 0 fully saturated rings. The Morgan fingerprint density at radius 2 is 1.23 bits per heavy atom. The molecule has 8 rings (SSSR count). The van der Waals surface area contributed by atoms with Gasteiger partial charge in [-0.15, -0.1) is 0 Å². The SMILES string of the molecule is c1ccc(-c2nc3c4c5ccccc5n(-c5cccnc5-c5ccccn5)c4ccc3n2-c2ccccc2)cc1. The smallest absolute Gasteiger partial charge is 0.145 e. The highest BCUT2D eigenvalue weighted by Crippen LogP contribution is 2.40. The fourth-order valence-electron chi connectivity index (χ4n) is 5.75. The molecule has 0 spiro atoms. The van der Waals surface area contributed by atoms with E-state index in [1.54, 1.807) is 0 Å². The highest BCUT2D eigenvalue weighted by Gasteiger charge is 2.22. The number of pyridine rings is 2. The maximum absolute atomic E-state index is 5.35. The number of aromatic nitrogens is 5. The molecule has 188 valence electrons. The summed E-state index contributed by atoms with van der Waals surface area (Å²) in [7, 11) is 0. The van der Waals surface area contributed by atoms with Gasteiger partial charge in [0.2, 0.25) is 0 Å². The van der Waals surface area contributed by atoms with Crippen molar-refractivity contribution in [2.24, 2.45) is 0 Å². The Hall–Kier alpha value is -5.55. The zero-order valence-electron chi connectivity index (χ0n) is 21.5. The fraction of sp³-hybridized carbons (Fsp3) is 0. The van der Waals surface area contributed by atoms with Crippen LogP contribution in [0.2, 0.25) is 0 Å². The third-order valence-electron chi connectivity index (χ3n) is 7.44. The highest BCUT2D eigenvalue weighted by atomic mass is 15.1. The van der Waals surface area contributed by atoms with Gasteiger partial charge >= 0.3 is 0 Å². The first kappa shape index (κ1) is 22.4. The van der Waals surface area contributed by atoms with Crippen LogP contribution in [0.4, 0.5) is 0 Å². The van der Waals surface area contributed by atoms with E-state index in [1.165, 1.54) is 0 Å². The maximum Gasteiger partial charge on any atom is 0.145 e. The molecule has 0 radical (unpaired) electrons. The molecule has 8 aromatic rings. The van der Waals surface area contributed by atoms with E-state index >= 15 is 0 Å². The molecule has 0 aliphatic rings. The van der Waals surface area contributed by atoms with Crippen LogP contribution in [0.15, 0.2) is 140 Å². The monoisotopic (exact) mass is 513 g/mol.